The zero-order valence-electron chi connectivity index (χ0n) is 13.2. The Kier molecular flexibility index (Phi) is 4.54. The lowest BCUT2D eigenvalue weighted by molar-refractivity contribution is 0.864. The van der Waals surface area contributed by atoms with Crippen molar-refractivity contribution in [2.75, 3.05) is 5.32 Å². The molecule has 0 radical (unpaired) electrons. The monoisotopic (exact) mass is 265 g/mol. The SMILES string of the molecule is BC(C)c1cccc(C(C)C)c1Nc1ccc(C)cc1. The molecule has 1 N–H and O–H groups in total. The molecule has 0 aliphatic heterocycles. The van der Waals surface area contributed by atoms with Crippen LogP contribution in [0, 0.1) is 6.92 Å². The molecule has 0 fully saturated rings. The molecule has 0 saturated carbocycles. The molecule has 1 unspecified atom stereocenters. The normalized spacial score (nSPS) is 12.4. The van der Waals surface area contributed by atoms with Crippen molar-refractivity contribution in [1.82, 2.24) is 0 Å². The highest BCUT2D eigenvalue weighted by atomic mass is 14.9. The topological polar surface area (TPSA) is 12.0 Å². The highest BCUT2D eigenvalue weighted by Crippen LogP contribution is 2.33. The first kappa shape index (κ1) is 14.7. The van der Waals surface area contributed by atoms with Crippen LogP contribution >= 0.6 is 0 Å². The smallest absolute Gasteiger partial charge is 0.110 e. The summed E-state index contributed by atoms with van der Waals surface area (Å²) >= 11 is 0. The van der Waals surface area contributed by atoms with Crippen molar-refractivity contribution in [1.29, 1.82) is 0 Å². The maximum atomic E-state index is 3.63. The van der Waals surface area contributed by atoms with E-state index in [4.69, 9.17) is 0 Å². The van der Waals surface area contributed by atoms with Crippen molar-refractivity contribution in [3.63, 3.8) is 0 Å². The Balaban J connectivity index is 2.44. The van der Waals surface area contributed by atoms with Crippen molar-refractivity contribution in [3.05, 3.63) is 59.2 Å². The third-order valence-electron chi connectivity index (χ3n) is 3.69. The van der Waals surface area contributed by atoms with Crippen molar-refractivity contribution < 1.29 is 0 Å². The van der Waals surface area contributed by atoms with Crippen LogP contribution in [0.15, 0.2) is 42.5 Å². The largest absolute Gasteiger partial charge is 0.355 e. The molecule has 1 nitrogen and oxygen atoms in total. The molecule has 2 aromatic carbocycles. The van der Waals surface area contributed by atoms with E-state index in [1.165, 1.54) is 22.4 Å². The highest BCUT2D eigenvalue weighted by molar-refractivity contribution is 6.12. The fourth-order valence-electron chi connectivity index (χ4n) is 2.48. The standard InChI is InChI=1S/C18H24BN/c1-12(2)16-6-5-7-17(14(4)19)18(16)20-15-10-8-13(3)9-11-15/h5-12,14,20H,19H2,1-4H3. The van der Waals surface area contributed by atoms with Gasteiger partial charge in [0.05, 0.1) is 0 Å². The maximum Gasteiger partial charge on any atom is 0.110 e. The average molecular weight is 265 g/mol. The quantitative estimate of drug-likeness (QED) is 0.799. The van der Waals surface area contributed by atoms with E-state index in [1.807, 2.05) is 0 Å². The second-order valence-electron chi connectivity index (χ2n) is 6.11. The second-order valence-corrected chi connectivity index (χ2v) is 6.11. The molecular weight excluding hydrogens is 241 g/mol. The Morgan fingerprint density at radius 3 is 2.05 bits per heavy atom. The summed E-state index contributed by atoms with van der Waals surface area (Å²) in [5.74, 6) is 1.03. The van der Waals surface area contributed by atoms with Crippen LogP contribution in [0.2, 0.25) is 0 Å². The van der Waals surface area contributed by atoms with E-state index in [0.29, 0.717) is 11.7 Å². The maximum absolute atomic E-state index is 3.63. The average Bonchev–Trinajstić information content (AvgIpc) is 2.41. The van der Waals surface area contributed by atoms with Gasteiger partial charge in [0.1, 0.15) is 7.85 Å². The number of anilines is 2. The molecule has 2 rings (SSSR count). The number of benzene rings is 2. The van der Waals surface area contributed by atoms with Crippen LogP contribution in [-0.4, -0.2) is 7.85 Å². The third-order valence-corrected chi connectivity index (χ3v) is 3.69. The molecule has 1 atom stereocenters. The summed E-state index contributed by atoms with van der Waals surface area (Å²) in [6, 6.07) is 15.2. The lowest BCUT2D eigenvalue weighted by Gasteiger charge is -2.21. The van der Waals surface area contributed by atoms with Gasteiger partial charge in [0, 0.05) is 11.4 Å². The van der Waals surface area contributed by atoms with Gasteiger partial charge in [0.15, 0.2) is 0 Å². The Hall–Kier alpha value is -1.70. The van der Waals surface area contributed by atoms with E-state index in [0.717, 1.165) is 5.69 Å². The van der Waals surface area contributed by atoms with Crippen LogP contribution in [-0.2, 0) is 0 Å². The Morgan fingerprint density at radius 1 is 0.900 bits per heavy atom. The fourth-order valence-corrected chi connectivity index (χ4v) is 2.48. The summed E-state index contributed by atoms with van der Waals surface area (Å²) in [4.78, 5) is 0. The van der Waals surface area contributed by atoms with Crippen LogP contribution in [0.5, 0.6) is 0 Å². The minimum atomic E-state index is 0.515. The number of rotatable bonds is 4. The molecule has 0 aliphatic rings. The highest BCUT2D eigenvalue weighted by Gasteiger charge is 2.13. The van der Waals surface area contributed by atoms with Gasteiger partial charge in [-0.2, -0.15) is 0 Å². The molecule has 0 heterocycles. The number of hydrogen-bond donors (Lipinski definition) is 1. The molecule has 104 valence electrons. The number of aryl methyl sites for hydroxylation is 1. The van der Waals surface area contributed by atoms with Gasteiger partial charge in [-0.15, -0.1) is 0 Å². The predicted molar refractivity (Wildman–Crippen MR) is 92.0 cm³/mol. The van der Waals surface area contributed by atoms with Gasteiger partial charge in [0.25, 0.3) is 0 Å². The lowest BCUT2D eigenvalue weighted by atomic mass is 9.80. The molecule has 20 heavy (non-hydrogen) atoms. The first-order chi connectivity index (χ1) is 9.49. The van der Waals surface area contributed by atoms with E-state index in [1.54, 1.807) is 0 Å². The molecule has 0 aliphatic carbocycles. The van der Waals surface area contributed by atoms with E-state index < -0.39 is 0 Å². The van der Waals surface area contributed by atoms with Gasteiger partial charge >= 0.3 is 0 Å². The van der Waals surface area contributed by atoms with Gasteiger partial charge in [-0.1, -0.05) is 56.7 Å². The fraction of sp³-hybridized carbons (Fsp3) is 0.333. The van der Waals surface area contributed by atoms with Crippen molar-refractivity contribution >= 4 is 19.2 Å². The van der Waals surface area contributed by atoms with Crippen LogP contribution in [0.3, 0.4) is 0 Å². The molecule has 0 saturated heterocycles. The Morgan fingerprint density at radius 2 is 1.50 bits per heavy atom. The minimum absolute atomic E-state index is 0.515. The summed E-state index contributed by atoms with van der Waals surface area (Å²) < 4.78 is 0. The summed E-state index contributed by atoms with van der Waals surface area (Å²) in [7, 11) is 2.25. The first-order valence-electron chi connectivity index (χ1n) is 7.45. The second kappa shape index (κ2) is 6.17. The van der Waals surface area contributed by atoms with Gasteiger partial charge in [-0.25, -0.2) is 0 Å². The molecule has 0 amide bonds. The van der Waals surface area contributed by atoms with Gasteiger partial charge < -0.3 is 5.32 Å². The predicted octanol–water partition coefficient (Wildman–Crippen LogP) is 4.56. The summed E-state index contributed by atoms with van der Waals surface area (Å²) in [6.07, 6.45) is 0. The van der Waals surface area contributed by atoms with E-state index in [2.05, 4.69) is 83.3 Å². The van der Waals surface area contributed by atoms with Crippen LogP contribution in [0.4, 0.5) is 11.4 Å². The zero-order chi connectivity index (χ0) is 14.7. The van der Waals surface area contributed by atoms with E-state index in [9.17, 15) is 0 Å². The number of para-hydroxylation sites is 1. The van der Waals surface area contributed by atoms with Crippen LogP contribution in [0.1, 0.15) is 49.2 Å². The summed E-state index contributed by atoms with van der Waals surface area (Å²) in [5, 5.41) is 3.63. The van der Waals surface area contributed by atoms with Crippen LogP contribution in [0.25, 0.3) is 0 Å². The molecule has 0 bridgehead atoms. The lowest BCUT2D eigenvalue weighted by Crippen LogP contribution is -2.05. The van der Waals surface area contributed by atoms with Crippen molar-refractivity contribution in [2.24, 2.45) is 0 Å². The van der Waals surface area contributed by atoms with Gasteiger partial charge in [-0.3, -0.25) is 0 Å². The summed E-state index contributed by atoms with van der Waals surface area (Å²) in [6.45, 7) is 8.87. The zero-order valence-corrected chi connectivity index (χ0v) is 13.2. The minimum Gasteiger partial charge on any atom is -0.355 e. The number of hydrogen-bond acceptors (Lipinski definition) is 1. The molecule has 0 spiro atoms. The number of nitrogens with one attached hydrogen (secondary N) is 1. The third kappa shape index (κ3) is 3.25. The van der Waals surface area contributed by atoms with E-state index >= 15 is 0 Å². The van der Waals surface area contributed by atoms with Crippen molar-refractivity contribution in [2.45, 2.75) is 39.4 Å². The first-order valence-corrected chi connectivity index (χ1v) is 7.45. The van der Waals surface area contributed by atoms with Gasteiger partial charge in [-0.05, 0) is 41.9 Å². The Labute approximate surface area is 123 Å². The van der Waals surface area contributed by atoms with Gasteiger partial charge in [0.2, 0.25) is 0 Å². The van der Waals surface area contributed by atoms with Crippen molar-refractivity contribution in [3.8, 4) is 0 Å². The molecule has 2 aromatic rings. The summed E-state index contributed by atoms with van der Waals surface area (Å²) in [5.41, 5.74) is 6.50. The molecular formula is C18H24BN. The Bertz CT molecular complexity index is 544. The molecule has 0 aromatic heterocycles. The van der Waals surface area contributed by atoms with Crippen LogP contribution < -0.4 is 5.32 Å². The van der Waals surface area contributed by atoms with E-state index in [-0.39, 0.29) is 0 Å². The molecule has 2 heteroatoms.